The number of nitrogens with zero attached hydrogens (tertiary/aromatic N) is 2. The zero-order valence-corrected chi connectivity index (χ0v) is 11.7. The van der Waals surface area contributed by atoms with Crippen molar-refractivity contribution in [2.75, 3.05) is 39.8 Å². The number of rotatable bonds is 5. The summed E-state index contributed by atoms with van der Waals surface area (Å²) in [4.78, 5) is 5.05. The van der Waals surface area contributed by atoms with Crippen LogP contribution in [0.15, 0.2) is 0 Å². The minimum Gasteiger partial charge on any atom is -0.314 e. The molecule has 3 heteroatoms. The summed E-state index contributed by atoms with van der Waals surface area (Å²) in [5.74, 6) is 0.728. The minimum absolute atomic E-state index is 0.599. The van der Waals surface area contributed by atoms with Gasteiger partial charge in [-0.2, -0.15) is 0 Å². The van der Waals surface area contributed by atoms with Crippen LogP contribution in [-0.4, -0.2) is 61.7 Å². The molecule has 1 aliphatic heterocycles. The van der Waals surface area contributed by atoms with E-state index in [1.54, 1.807) is 0 Å². The van der Waals surface area contributed by atoms with Crippen LogP contribution in [0.4, 0.5) is 0 Å². The largest absolute Gasteiger partial charge is 0.314 e. The van der Waals surface area contributed by atoms with Crippen LogP contribution in [0, 0.1) is 5.92 Å². The van der Waals surface area contributed by atoms with Crippen molar-refractivity contribution in [2.24, 2.45) is 5.92 Å². The van der Waals surface area contributed by atoms with Gasteiger partial charge in [0, 0.05) is 38.3 Å². The standard InChI is InChI=1S/C13H29N3/c1-11(2)14-10-12(3)13(4)16-8-6-15(5)7-9-16/h11-14H,6-10H2,1-5H3. The van der Waals surface area contributed by atoms with E-state index in [0.717, 1.165) is 12.5 Å². The third-order valence-electron chi connectivity index (χ3n) is 3.79. The Hall–Kier alpha value is -0.120. The predicted molar refractivity (Wildman–Crippen MR) is 70.8 cm³/mol. The molecule has 3 nitrogen and oxygen atoms in total. The maximum absolute atomic E-state index is 3.54. The van der Waals surface area contributed by atoms with Crippen molar-refractivity contribution in [3.05, 3.63) is 0 Å². The Labute approximate surface area is 101 Å². The summed E-state index contributed by atoms with van der Waals surface area (Å²) < 4.78 is 0. The van der Waals surface area contributed by atoms with Gasteiger partial charge in [-0.05, 0) is 26.4 Å². The van der Waals surface area contributed by atoms with Crippen LogP contribution in [-0.2, 0) is 0 Å². The van der Waals surface area contributed by atoms with Gasteiger partial charge in [-0.15, -0.1) is 0 Å². The molecule has 96 valence electrons. The SMILES string of the molecule is CC(C)NCC(C)C(C)N1CCN(C)CC1. The van der Waals surface area contributed by atoms with Gasteiger partial charge in [0.15, 0.2) is 0 Å². The fourth-order valence-electron chi connectivity index (χ4n) is 2.18. The number of nitrogens with one attached hydrogen (secondary N) is 1. The molecule has 0 aromatic rings. The van der Waals surface area contributed by atoms with Crippen molar-refractivity contribution < 1.29 is 0 Å². The van der Waals surface area contributed by atoms with Crippen molar-refractivity contribution >= 4 is 0 Å². The van der Waals surface area contributed by atoms with E-state index in [9.17, 15) is 0 Å². The summed E-state index contributed by atoms with van der Waals surface area (Å²) in [6.07, 6.45) is 0. The highest BCUT2D eigenvalue weighted by molar-refractivity contribution is 4.79. The summed E-state index contributed by atoms with van der Waals surface area (Å²) >= 11 is 0. The van der Waals surface area contributed by atoms with Gasteiger partial charge < -0.3 is 10.2 Å². The van der Waals surface area contributed by atoms with Crippen molar-refractivity contribution in [1.82, 2.24) is 15.1 Å². The maximum Gasteiger partial charge on any atom is 0.0113 e. The van der Waals surface area contributed by atoms with Crippen LogP contribution in [0.25, 0.3) is 0 Å². The fourth-order valence-corrected chi connectivity index (χ4v) is 2.18. The van der Waals surface area contributed by atoms with Crippen molar-refractivity contribution in [3.8, 4) is 0 Å². The van der Waals surface area contributed by atoms with Gasteiger partial charge >= 0.3 is 0 Å². The Morgan fingerprint density at radius 1 is 1.00 bits per heavy atom. The van der Waals surface area contributed by atoms with Crippen LogP contribution in [0.2, 0.25) is 0 Å². The van der Waals surface area contributed by atoms with E-state index in [4.69, 9.17) is 0 Å². The van der Waals surface area contributed by atoms with Gasteiger partial charge in [-0.1, -0.05) is 20.8 Å². The molecule has 0 aromatic heterocycles. The molecule has 0 bridgehead atoms. The molecule has 0 saturated carbocycles. The van der Waals surface area contributed by atoms with Gasteiger partial charge in [0.2, 0.25) is 0 Å². The van der Waals surface area contributed by atoms with Gasteiger partial charge in [-0.3, -0.25) is 4.90 Å². The molecule has 1 fully saturated rings. The Bertz CT molecular complexity index is 186. The van der Waals surface area contributed by atoms with E-state index in [1.165, 1.54) is 26.2 Å². The van der Waals surface area contributed by atoms with E-state index in [-0.39, 0.29) is 0 Å². The second kappa shape index (κ2) is 6.58. The summed E-state index contributed by atoms with van der Waals surface area (Å²) in [5.41, 5.74) is 0. The third kappa shape index (κ3) is 4.40. The normalized spacial score (nSPS) is 23.6. The van der Waals surface area contributed by atoms with Gasteiger partial charge in [0.1, 0.15) is 0 Å². The van der Waals surface area contributed by atoms with Crippen molar-refractivity contribution in [2.45, 2.75) is 39.8 Å². The van der Waals surface area contributed by atoms with Gasteiger partial charge in [-0.25, -0.2) is 0 Å². The zero-order chi connectivity index (χ0) is 12.1. The summed E-state index contributed by atoms with van der Waals surface area (Å²) in [5, 5.41) is 3.54. The van der Waals surface area contributed by atoms with Gasteiger partial charge in [0.05, 0.1) is 0 Å². The van der Waals surface area contributed by atoms with Crippen molar-refractivity contribution in [3.63, 3.8) is 0 Å². The lowest BCUT2D eigenvalue weighted by Gasteiger charge is -2.39. The number of hydrogen-bond donors (Lipinski definition) is 1. The first-order valence-corrected chi connectivity index (χ1v) is 6.66. The average Bonchev–Trinajstić information content (AvgIpc) is 2.26. The summed E-state index contributed by atoms with van der Waals surface area (Å²) in [6, 6.07) is 1.29. The second-order valence-corrected chi connectivity index (χ2v) is 5.62. The molecular formula is C13H29N3. The highest BCUT2D eigenvalue weighted by Crippen LogP contribution is 2.12. The number of hydrogen-bond acceptors (Lipinski definition) is 3. The summed E-state index contributed by atoms with van der Waals surface area (Å²) in [7, 11) is 2.21. The maximum atomic E-state index is 3.54. The molecule has 2 atom stereocenters. The Kier molecular flexibility index (Phi) is 5.73. The monoisotopic (exact) mass is 227 g/mol. The molecule has 0 aromatic carbocycles. The Balaban J connectivity index is 2.29. The van der Waals surface area contributed by atoms with Crippen molar-refractivity contribution in [1.29, 1.82) is 0 Å². The smallest absolute Gasteiger partial charge is 0.0113 e. The minimum atomic E-state index is 0.599. The first kappa shape index (κ1) is 13.9. The van der Waals surface area contributed by atoms with Crippen LogP contribution >= 0.6 is 0 Å². The molecule has 16 heavy (non-hydrogen) atoms. The van der Waals surface area contributed by atoms with Gasteiger partial charge in [0.25, 0.3) is 0 Å². The lowest BCUT2D eigenvalue weighted by molar-refractivity contribution is 0.0925. The molecule has 0 spiro atoms. The number of likely N-dealkylation sites (N-methyl/N-ethyl adjacent to an activating group) is 1. The molecule has 1 aliphatic rings. The summed E-state index contributed by atoms with van der Waals surface area (Å²) in [6.45, 7) is 15.2. The first-order valence-electron chi connectivity index (χ1n) is 6.66. The molecule has 0 radical (unpaired) electrons. The molecule has 0 amide bonds. The quantitative estimate of drug-likeness (QED) is 0.763. The molecule has 1 rings (SSSR count). The zero-order valence-electron chi connectivity index (χ0n) is 11.7. The number of piperazine rings is 1. The molecule has 1 saturated heterocycles. The van der Waals surface area contributed by atoms with Crippen LogP contribution in [0.3, 0.4) is 0 Å². The molecule has 1 N–H and O–H groups in total. The fraction of sp³-hybridized carbons (Fsp3) is 1.00. The lowest BCUT2D eigenvalue weighted by atomic mass is 10.0. The van der Waals surface area contributed by atoms with Crippen LogP contribution < -0.4 is 5.32 Å². The Morgan fingerprint density at radius 3 is 2.06 bits per heavy atom. The topological polar surface area (TPSA) is 18.5 Å². The predicted octanol–water partition coefficient (Wildman–Crippen LogP) is 1.26. The molecular weight excluding hydrogens is 198 g/mol. The highest BCUT2D eigenvalue weighted by Gasteiger charge is 2.23. The van der Waals surface area contributed by atoms with E-state index < -0.39 is 0 Å². The molecule has 2 unspecified atom stereocenters. The van der Waals surface area contributed by atoms with E-state index in [1.807, 2.05) is 0 Å². The molecule has 0 aliphatic carbocycles. The second-order valence-electron chi connectivity index (χ2n) is 5.62. The Morgan fingerprint density at radius 2 is 1.56 bits per heavy atom. The van der Waals surface area contributed by atoms with E-state index in [2.05, 4.69) is 49.9 Å². The van der Waals surface area contributed by atoms with Crippen LogP contribution in [0.5, 0.6) is 0 Å². The van der Waals surface area contributed by atoms with E-state index >= 15 is 0 Å². The third-order valence-corrected chi connectivity index (χ3v) is 3.79. The lowest BCUT2D eigenvalue weighted by Crippen LogP contribution is -2.51. The first-order chi connectivity index (χ1) is 7.50. The average molecular weight is 227 g/mol. The highest BCUT2D eigenvalue weighted by atomic mass is 15.3. The van der Waals surface area contributed by atoms with E-state index in [0.29, 0.717) is 12.1 Å². The van der Waals surface area contributed by atoms with Crippen LogP contribution in [0.1, 0.15) is 27.7 Å². The molecule has 1 heterocycles.